The molecule has 6 heteroatoms. The van der Waals surface area contributed by atoms with E-state index in [0.717, 1.165) is 6.42 Å². The second-order valence-corrected chi connectivity index (χ2v) is 5.12. The Kier molecular flexibility index (Phi) is 4.93. The van der Waals surface area contributed by atoms with Gasteiger partial charge < -0.3 is 20.2 Å². The second kappa shape index (κ2) is 6.69. The fourth-order valence-corrected chi connectivity index (χ4v) is 1.98. The van der Waals surface area contributed by atoms with E-state index in [4.69, 9.17) is 14.9 Å². The Morgan fingerprint density at radius 3 is 2.95 bits per heavy atom. The highest BCUT2D eigenvalue weighted by Crippen LogP contribution is 2.21. The summed E-state index contributed by atoms with van der Waals surface area (Å²) in [5.74, 6) is 0.450. The third-order valence-electron chi connectivity index (χ3n) is 3.53. The number of oxazole rings is 1. The van der Waals surface area contributed by atoms with Crippen molar-refractivity contribution in [3.8, 4) is 0 Å². The van der Waals surface area contributed by atoms with Crippen LogP contribution in [-0.4, -0.2) is 24.0 Å². The number of hydrogen-bond donors (Lipinski definition) is 2. The highest BCUT2D eigenvalue weighted by Gasteiger charge is 2.19. The van der Waals surface area contributed by atoms with Crippen LogP contribution in [0.1, 0.15) is 26.2 Å². The van der Waals surface area contributed by atoms with Gasteiger partial charge in [-0.25, -0.2) is 4.98 Å². The summed E-state index contributed by atoms with van der Waals surface area (Å²) < 4.78 is 10.5. The molecule has 2 aromatic rings. The number of ether oxygens (including phenoxy) is 1. The number of methoxy groups -OCH3 is 1. The van der Waals surface area contributed by atoms with Crippen molar-refractivity contribution in [2.45, 2.75) is 32.9 Å². The number of anilines is 1. The molecule has 0 saturated carbocycles. The molecule has 2 rings (SSSR count). The standard InChI is InChI=1S/C15H21N3O3/c1-4-9(2)14(16)15(19)17-10-5-6-12-11(7-10)18-13(21-12)8-20-3/h5-7,9,14H,4,8,16H2,1-3H3,(H,17,19). The highest BCUT2D eigenvalue weighted by molar-refractivity contribution is 5.96. The first kappa shape index (κ1) is 15.5. The van der Waals surface area contributed by atoms with Crippen LogP contribution in [0.3, 0.4) is 0 Å². The van der Waals surface area contributed by atoms with Gasteiger partial charge in [0, 0.05) is 12.8 Å². The predicted octanol–water partition coefficient (Wildman–Crippen LogP) is 2.29. The maximum absolute atomic E-state index is 12.1. The Morgan fingerprint density at radius 2 is 2.29 bits per heavy atom. The quantitative estimate of drug-likeness (QED) is 0.852. The minimum Gasteiger partial charge on any atom is -0.438 e. The third-order valence-corrected chi connectivity index (χ3v) is 3.53. The molecule has 0 fully saturated rings. The minimum absolute atomic E-state index is 0.133. The number of fused-ring (bicyclic) bond motifs is 1. The zero-order valence-corrected chi connectivity index (χ0v) is 12.6. The summed E-state index contributed by atoms with van der Waals surface area (Å²) in [6.45, 7) is 4.29. The molecule has 1 amide bonds. The van der Waals surface area contributed by atoms with Gasteiger partial charge in [0.25, 0.3) is 0 Å². The van der Waals surface area contributed by atoms with Gasteiger partial charge in [-0.05, 0) is 24.1 Å². The summed E-state index contributed by atoms with van der Waals surface area (Å²) in [6, 6.07) is 4.78. The lowest BCUT2D eigenvalue weighted by molar-refractivity contribution is -0.118. The second-order valence-electron chi connectivity index (χ2n) is 5.12. The van der Waals surface area contributed by atoms with Gasteiger partial charge in [0.05, 0.1) is 6.04 Å². The van der Waals surface area contributed by atoms with E-state index < -0.39 is 6.04 Å². The zero-order valence-electron chi connectivity index (χ0n) is 12.6. The van der Waals surface area contributed by atoms with Crippen molar-refractivity contribution in [1.82, 2.24) is 4.98 Å². The molecule has 2 atom stereocenters. The molecule has 1 aromatic carbocycles. The summed E-state index contributed by atoms with van der Waals surface area (Å²) in [4.78, 5) is 16.3. The number of nitrogens with one attached hydrogen (secondary N) is 1. The van der Waals surface area contributed by atoms with E-state index in [-0.39, 0.29) is 11.8 Å². The van der Waals surface area contributed by atoms with Crippen LogP contribution in [0.2, 0.25) is 0 Å². The Balaban J connectivity index is 2.13. The van der Waals surface area contributed by atoms with Gasteiger partial charge in [-0.15, -0.1) is 0 Å². The lowest BCUT2D eigenvalue weighted by Gasteiger charge is -2.17. The molecule has 0 aliphatic heterocycles. The molecule has 0 radical (unpaired) electrons. The molecule has 21 heavy (non-hydrogen) atoms. The van der Waals surface area contributed by atoms with Crippen LogP contribution >= 0.6 is 0 Å². The van der Waals surface area contributed by atoms with E-state index in [2.05, 4.69) is 10.3 Å². The lowest BCUT2D eigenvalue weighted by Crippen LogP contribution is -2.40. The maximum atomic E-state index is 12.1. The number of rotatable bonds is 6. The summed E-state index contributed by atoms with van der Waals surface area (Å²) in [5, 5.41) is 2.81. The van der Waals surface area contributed by atoms with E-state index in [0.29, 0.717) is 29.3 Å². The molecule has 1 heterocycles. The number of aromatic nitrogens is 1. The molecule has 0 aliphatic rings. The first-order valence-electron chi connectivity index (χ1n) is 7.00. The van der Waals surface area contributed by atoms with Crippen molar-refractivity contribution in [3.63, 3.8) is 0 Å². The van der Waals surface area contributed by atoms with Crippen molar-refractivity contribution in [1.29, 1.82) is 0 Å². The number of nitrogens with two attached hydrogens (primary N) is 1. The Hall–Kier alpha value is -1.92. The summed E-state index contributed by atoms with van der Waals surface area (Å²) >= 11 is 0. The zero-order chi connectivity index (χ0) is 15.4. The molecule has 0 bridgehead atoms. The SMILES string of the molecule is CCC(C)C(N)C(=O)Nc1ccc2oc(COC)nc2c1. The van der Waals surface area contributed by atoms with Crippen LogP contribution in [0.5, 0.6) is 0 Å². The minimum atomic E-state index is -0.521. The highest BCUT2D eigenvalue weighted by atomic mass is 16.5. The van der Waals surface area contributed by atoms with Crippen LogP contribution in [0.4, 0.5) is 5.69 Å². The molecule has 2 unspecified atom stereocenters. The molecule has 0 spiro atoms. The summed E-state index contributed by atoms with van der Waals surface area (Å²) in [6.07, 6.45) is 0.858. The fraction of sp³-hybridized carbons (Fsp3) is 0.467. The topological polar surface area (TPSA) is 90.4 Å². The van der Waals surface area contributed by atoms with Gasteiger partial charge in [0.1, 0.15) is 12.1 Å². The smallest absolute Gasteiger partial charge is 0.241 e. The Labute approximate surface area is 123 Å². The van der Waals surface area contributed by atoms with E-state index >= 15 is 0 Å². The Bertz CT molecular complexity index is 624. The van der Waals surface area contributed by atoms with Crippen LogP contribution in [0, 0.1) is 5.92 Å². The van der Waals surface area contributed by atoms with Crippen molar-refractivity contribution < 1.29 is 13.9 Å². The monoisotopic (exact) mass is 291 g/mol. The molecule has 6 nitrogen and oxygen atoms in total. The van der Waals surface area contributed by atoms with E-state index in [1.54, 1.807) is 25.3 Å². The van der Waals surface area contributed by atoms with E-state index in [9.17, 15) is 4.79 Å². The number of carbonyl (C=O) groups is 1. The van der Waals surface area contributed by atoms with Crippen LogP contribution in [-0.2, 0) is 16.1 Å². The molecular weight excluding hydrogens is 270 g/mol. The summed E-state index contributed by atoms with van der Waals surface area (Å²) in [5.41, 5.74) is 7.91. The molecule has 3 N–H and O–H groups in total. The van der Waals surface area contributed by atoms with Gasteiger partial charge in [0.2, 0.25) is 11.8 Å². The van der Waals surface area contributed by atoms with Crippen molar-refractivity contribution in [3.05, 3.63) is 24.1 Å². The number of benzene rings is 1. The first-order chi connectivity index (χ1) is 10.0. The first-order valence-corrected chi connectivity index (χ1v) is 7.00. The van der Waals surface area contributed by atoms with Crippen LogP contribution in [0.25, 0.3) is 11.1 Å². The van der Waals surface area contributed by atoms with E-state index in [1.807, 2.05) is 13.8 Å². The molecule has 1 aromatic heterocycles. The fourth-order valence-electron chi connectivity index (χ4n) is 1.98. The van der Waals surface area contributed by atoms with Gasteiger partial charge in [-0.1, -0.05) is 20.3 Å². The van der Waals surface area contributed by atoms with Crippen molar-refractivity contribution >= 4 is 22.7 Å². The average Bonchev–Trinajstić information content (AvgIpc) is 2.87. The van der Waals surface area contributed by atoms with Gasteiger partial charge in [-0.2, -0.15) is 0 Å². The molecule has 0 saturated heterocycles. The maximum Gasteiger partial charge on any atom is 0.241 e. The van der Waals surface area contributed by atoms with Crippen LogP contribution in [0.15, 0.2) is 22.6 Å². The normalized spacial score (nSPS) is 14.1. The summed E-state index contributed by atoms with van der Waals surface area (Å²) in [7, 11) is 1.58. The number of carbonyl (C=O) groups excluding carboxylic acids is 1. The van der Waals surface area contributed by atoms with E-state index in [1.165, 1.54) is 0 Å². The number of nitrogens with zero attached hydrogens (tertiary/aromatic N) is 1. The molecule has 114 valence electrons. The largest absolute Gasteiger partial charge is 0.438 e. The van der Waals surface area contributed by atoms with Crippen molar-refractivity contribution in [2.24, 2.45) is 11.7 Å². The van der Waals surface area contributed by atoms with Crippen LogP contribution < -0.4 is 11.1 Å². The number of amides is 1. The Morgan fingerprint density at radius 1 is 1.52 bits per heavy atom. The number of hydrogen-bond acceptors (Lipinski definition) is 5. The van der Waals surface area contributed by atoms with Gasteiger partial charge in [0.15, 0.2) is 5.58 Å². The molecule has 0 aliphatic carbocycles. The lowest BCUT2D eigenvalue weighted by atomic mass is 9.99. The van der Waals surface area contributed by atoms with Crippen molar-refractivity contribution in [2.75, 3.05) is 12.4 Å². The van der Waals surface area contributed by atoms with Gasteiger partial charge >= 0.3 is 0 Å². The average molecular weight is 291 g/mol. The third kappa shape index (κ3) is 3.59. The molecular formula is C15H21N3O3. The van der Waals surface area contributed by atoms with Gasteiger partial charge in [-0.3, -0.25) is 4.79 Å². The predicted molar refractivity (Wildman–Crippen MR) is 80.8 cm³/mol.